The van der Waals surface area contributed by atoms with E-state index < -0.39 is 0 Å². The van der Waals surface area contributed by atoms with Gasteiger partial charge in [0.25, 0.3) is 0 Å². The number of carbonyl (C=O) groups excluding carboxylic acids is 1. The molecule has 15 heavy (non-hydrogen) atoms. The summed E-state index contributed by atoms with van der Waals surface area (Å²) in [6.45, 7) is 5.59. The third-order valence-corrected chi connectivity index (χ3v) is 2.93. The van der Waals surface area contributed by atoms with Crippen molar-refractivity contribution in [2.45, 2.75) is 26.2 Å². The molecule has 88 valence electrons. The van der Waals surface area contributed by atoms with Crippen LogP contribution < -0.4 is 10.6 Å². The fourth-order valence-corrected chi connectivity index (χ4v) is 1.86. The molecule has 4 heteroatoms. The molecule has 1 aliphatic heterocycles. The lowest BCUT2D eigenvalue weighted by atomic mass is 9.83. The van der Waals surface area contributed by atoms with Crippen LogP contribution in [0.2, 0.25) is 0 Å². The predicted octanol–water partition coefficient (Wildman–Crippen LogP) is 0.529. The van der Waals surface area contributed by atoms with E-state index >= 15 is 0 Å². The average molecular weight is 214 g/mol. The van der Waals surface area contributed by atoms with Crippen LogP contribution in [0.15, 0.2) is 0 Å². The Hall–Kier alpha value is -0.610. The summed E-state index contributed by atoms with van der Waals surface area (Å²) in [5.41, 5.74) is 0.223. The second-order valence-corrected chi connectivity index (χ2v) is 4.61. The number of rotatable bonds is 5. The first-order chi connectivity index (χ1) is 7.16. The summed E-state index contributed by atoms with van der Waals surface area (Å²) in [7, 11) is 1.61. The van der Waals surface area contributed by atoms with E-state index in [1.165, 1.54) is 12.8 Å². The van der Waals surface area contributed by atoms with E-state index in [2.05, 4.69) is 17.6 Å². The Bertz CT molecular complexity index is 201. The summed E-state index contributed by atoms with van der Waals surface area (Å²) in [6.07, 6.45) is 2.84. The summed E-state index contributed by atoms with van der Waals surface area (Å²) >= 11 is 0. The molecule has 1 rings (SSSR count). The molecular formula is C11H22N2O2. The van der Waals surface area contributed by atoms with Gasteiger partial charge in [-0.15, -0.1) is 0 Å². The zero-order valence-corrected chi connectivity index (χ0v) is 9.77. The van der Waals surface area contributed by atoms with Crippen molar-refractivity contribution < 1.29 is 9.53 Å². The molecular weight excluding hydrogens is 192 g/mol. The first-order valence-corrected chi connectivity index (χ1v) is 5.63. The van der Waals surface area contributed by atoms with Crippen LogP contribution in [0, 0.1) is 5.41 Å². The third kappa shape index (κ3) is 4.62. The number of carbonyl (C=O) groups is 1. The van der Waals surface area contributed by atoms with Gasteiger partial charge in [0.1, 0.15) is 0 Å². The average Bonchev–Trinajstić information content (AvgIpc) is 2.25. The second kappa shape index (κ2) is 6.08. The Kier molecular flexibility index (Phi) is 5.05. The van der Waals surface area contributed by atoms with Crippen molar-refractivity contribution >= 4 is 5.91 Å². The molecule has 0 aromatic rings. The van der Waals surface area contributed by atoms with E-state index in [-0.39, 0.29) is 11.3 Å². The van der Waals surface area contributed by atoms with Crippen LogP contribution in [0.3, 0.4) is 0 Å². The molecule has 1 unspecified atom stereocenters. The summed E-state index contributed by atoms with van der Waals surface area (Å²) in [5.74, 6) is 0.0867. The molecule has 0 saturated carbocycles. The van der Waals surface area contributed by atoms with Crippen molar-refractivity contribution in [2.24, 2.45) is 5.41 Å². The lowest BCUT2D eigenvalue weighted by Crippen LogP contribution is -2.45. The fraction of sp³-hybridized carbons (Fsp3) is 0.909. The molecule has 1 fully saturated rings. The Morgan fingerprint density at radius 3 is 3.00 bits per heavy atom. The van der Waals surface area contributed by atoms with Gasteiger partial charge in [-0.2, -0.15) is 0 Å². The van der Waals surface area contributed by atoms with Gasteiger partial charge in [0, 0.05) is 26.6 Å². The van der Waals surface area contributed by atoms with Crippen LogP contribution in [0.4, 0.5) is 0 Å². The normalized spacial score (nSPS) is 26.3. The van der Waals surface area contributed by atoms with Crippen LogP contribution in [-0.4, -0.2) is 39.3 Å². The van der Waals surface area contributed by atoms with Crippen molar-refractivity contribution in [1.29, 1.82) is 0 Å². The number of piperidine rings is 1. The van der Waals surface area contributed by atoms with Crippen molar-refractivity contribution in [3.63, 3.8) is 0 Å². The minimum absolute atomic E-state index is 0.0867. The Balaban J connectivity index is 2.19. The van der Waals surface area contributed by atoms with Crippen molar-refractivity contribution in [1.82, 2.24) is 10.6 Å². The van der Waals surface area contributed by atoms with E-state index in [0.717, 1.165) is 19.6 Å². The summed E-state index contributed by atoms with van der Waals surface area (Å²) in [6, 6.07) is 0. The molecule has 1 atom stereocenters. The molecule has 1 aliphatic rings. The third-order valence-electron chi connectivity index (χ3n) is 2.93. The molecule has 0 bridgehead atoms. The highest BCUT2D eigenvalue weighted by molar-refractivity contribution is 5.75. The smallest absolute Gasteiger partial charge is 0.222 e. The molecule has 0 spiro atoms. The van der Waals surface area contributed by atoms with E-state index in [9.17, 15) is 4.79 Å². The maximum absolute atomic E-state index is 11.4. The molecule has 0 aliphatic carbocycles. The summed E-state index contributed by atoms with van der Waals surface area (Å²) < 4.78 is 4.86. The second-order valence-electron chi connectivity index (χ2n) is 4.61. The first kappa shape index (κ1) is 12.5. The SMILES string of the molecule is COCCC(=O)NCC1(C)CCCNC1. The van der Waals surface area contributed by atoms with Gasteiger partial charge in [0.05, 0.1) is 6.61 Å². The lowest BCUT2D eigenvalue weighted by Gasteiger charge is -2.34. The van der Waals surface area contributed by atoms with Gasteiger partial charge in [0.15, 0.2) is 0 Å². The van der Waals surface area contributed by atoms with Crippen LogP contribution in [0.25, 0.3) is 0 Å². The molecule has 1 heterocycles. The maximum Gasteiger partial charge on any atom is 0.222 e. The first-order valence-electron chi connectivity index (χ1n) is 5.63. The van der Waals surface area contributed by atoms with Crippen molar-refractivity contribution in [2.75, 3.05) is 33.4 Å². The van der Waals surface area contributed by atoms with Gasteiger partial charge >= 0.3 is 0 Å². The highest BCUT2D eigenvalue weighted by Gasteiger charge is 2.26. The predicted molar refractivity (Wildman–Crippen MR) is 59.7 cm³/mol. The minimum atomic E-state index is 0.0867. The minimum Gasteiger partial charge on any atom is -0.384 e. The molecule has 0 aromatic carbocycles. The van der Waals surface area contributed by atoms with E-state index in [1.54, 1.807) is 7.11 Å². The molecule has 1 amide bonds. The molecule has 0 radical (unpaired) electrons. The van der Waals surface area contributed by atoms with Gasteiger partial charge in [0.2, 0.25) is 5.91 Å². The highest BCUT2D eigenvalue weighted by atomic mass is 16.5. The Labute approximate surface area is 91.8 Å². The van der Waals surface area contributed by atoms with Crippen LogP contribution >= 0.6 is 0 Å². The number of hydrogen-bond donors (Lipinski definition) is 2. The number of hydrogen-bond acceptors (Lipinski definition) is 3. The number of methoxy groups -OCH3 is 1. The van der Waals surface area contributed by atoms with E-state index in [1.807, 2.05) is 0 Å². The van der Waals surface area contributed by atoms with E-state index in [0.29, 0.717) is 13.0 Å². The van der Waals surface area contributed by atoms with Crippen LogP contribution in [0.1, 0.15) is 26.2 Å². The maximum atomic E-state index is 11.4. The fourth-order valence-electron chi connectivity index (χ4n) is 1.86. The van der Waals surface area contributed by atoms with Gasteiger partial charge in [-0.05, 0) is 24.8 Å². The van der Waals surface area contributed by atoms with Crippen LogP contribution in [-0.2, 0) is 9.53 Å². The number of amides is 1. The van der Waals surface area contributed by atoms with Crippen molar-refractivity contribution in [3.05, 3.63) is 0 Å². The number of nitrogens with one attached hydrogen (secondary N) is 2. The Morgan fingerprint density at radius 1 is 1.60 bits per heavy atom. The van der Waals surface area contributed by atoms with Crippen molar-refractivity contribution in [3.8, 4) is 0 Å². The zero-order chi connectivity index (χ0) is 11.1. The Morgan fingerprint density at radius 2 is 2.40 bits per heavy atom. The van der Waals surface area contributed by atoms with Gasteiger partial charge in [-0.25, -0.2) is 0 Å². The summed E-state index contributed by atoms with van der Waals surface area (Å²) in [5, 5.41) is 6.33. The zero-order valence-electron chi connectivity index (χ0n) is 9.77. The van der Waals surface area contributed by atoms with E-state index in [4.69, 9.17) is 4.74 Å². The molecule has 0 aromatic heterocycles. The molecule has 1 saturated heterocycles. The largest absolute Gasteiger partial charge is 0.384 e. The van der Waals surface area contributed by atoms with Gasteiger partial charge in [-0.1, -0.05) is 6.92 Å². The summed E-state index contributed by atoms with van der Waals surface area (Å²) in [4.78, 5) is 11.4. The standard InChI is InChI=1S/C11H22N2O2/c1-11(5-3-6-12-8-11)9-13-10(14)4-7-15-2/h12H,3-9H2,1-2H3,(H,13,14). The molecule has 4 nitrogen and oxygen atoms in total. The number of ether oxygens (including phenoxy) is 1. The molecule has 2 N–H and O–H groups in total. The van der Waals surface area contributed by atoms with Gasteiger partial charge in [-0.3, -0.25) is 4.79 Å². The van der Waals surface area contributed by atoms with Crippen LogP contribution in [0.5, 0.6) is 0 Å². The lowest BCUT2D eigenvalue weighted by molar-refractivity contribution is -0.122. The quantitative estimate of drug-likeness (QED) is 0.702. The highest BCUT2D eigenvalue weighted by Crippen LogP contribution is 2.23. The monoisotopic (exact) mass is 214 g/mol. The van der Waals surface area contributed by atoms with Gasteiger partial charge < -0.3 is 15.4 Å². The topological polar surface area (TPSA) is 50.4 Å².